The molecular formula is C12H18F3N3O2S. The summed E-state index contributed by atoms with van der Waals surface area (Å²) in [6, 6.07) is 2.91. The van der Waals surface area contributed by atoms with Crippen molar-refractivity contribution in [2.24, 2.45) is 0 Å². The largest absolute Gasteiger partial charge is 0.418 e. The number of nitrogens with one attached hydrogen (secondary N) is 1. The molecule has 0 fully saturated rings. The van der Waals surface area contributed by atoms with E-state index in [9.17, 15) is 21.6 Å². The number of nitrogens with zero attached hydrogens (tertiary/aromatic N) is 1. The fourth-order valence-corrected chi connectivity index (χ4v) is 2.58. The van der Waals surface area contributed by atoms with E-state index in [4.69, 9.17) is 5.73 Å². The number of rotatable bonds is 6. The second-order valence-electron chi connectivity index (χ2n) is 4.58. The molecule has 1 rings (SSSR count). The van der Waals surface area contributed by atoms with Gasteiger partial charge >= 0.3 is 16.4 Å². The van der Waals surface area contributed by atoms with Gasteiger partial charge in [-0.3, -0.25) is 4.72 Å². The Hall–Kier alpha value is -1.48. The number of hydrogen-bond acceptors (Lipinski definition) is 3. The molecule has 1 aromatic carbocycles. The molecule has 0 aromatic heterocycles. The third kappa shape index (κ3) is 4.78. The maximum atomic E-state index is 12.9. The minimum atomic E-state index is -4.70. The Bertz CT molecular complexity index is 588. The minimum Gasteiger partial charge on any atom is -0.399 e. The number of nitrogen functional groups attached to an aromatic ring is 1. The topological polar surface area (TPSA) is 75.4 Å². The van der Waals surface area contributed by atoms with Gasteiger partial charge in [-0.05, 0) is 24.6 Å². The van der Waals surface area contributed by atoms with Gasteiger partial charge in [0.2, 0.25) is 0 Å². The number of unbranched alkanes of at least 4 members (excludes halogenated alkanes) is 1. The molecule has 5 nitrogen and oxygen atoms in total. The smallest absolute Gasteiger partial charge is 0.399 e. The normalized spacial score (nSPS) is 12.7. The average Bonchev–Trinajstić information content (AvgIpc) is 2.36. The Morgan fingerprint density at radius 3 is 2.48 bits per heavy atom. The molecule has 0 aliphatic heterocycles. The molecule has 0 aliphatic carbocycles. The molecule has 0 radical (unpaired) electrons. The van der Waals surface area contributed by atoms with Crippen LogP contribution in [0.5, 0.6) is 0 Å². The van der Waals surface area contributed by atoms with Crippen molar-refractivity contribution >= 4 is 21.6 Å². The van der Waals surface area contributed by atoms with Crippen LogP contribution in [0.3, 0.4) is 0 Å². The van der Waals surface area contributed by atoms with Crippen LogP contribution >= 0.6 is 0 Å². The Balaban J connectivity index is 3.08. The fraction of sp³-hybridized carbons (Fsp3) is 0.500. The molecule has 0 saturated heterocycles. The van der Waals surface area contributed by atoms with Crippen LogP contribution in [0.25, 0.3) is 0 Å². The van der Waals surface area contributed by atoms with E-state index in [1.807, 2.05) is 11.6 Å². The van der Waals surface area contributed by atoms with Crippen molar-refractivity contribution in [3.63, 3.8) is 0 Å². The lowest BCUT2D eigenvalue weighted by Crippen LogP contribution is -2.33. The van der Waals surface area contributed by atoms with Gasteiger partial charge in [-0.15, -0.1) is 0 Å². The van der Waals surface area contributed by atoms with Crippen molar-refractivity contribution in [1.29, 1.82) is 0 Å². The van der Waals surface area contributed by atoms with Crippen molar-refractivity contribution in [2.45, 2.75) is 25.9 Å². The minimum absolute atomic E-state index is 0.0930. The summed E-state index contributed by atoms with van der Waals surface area (Å²) in [5.74, 6) is 0. The van der Waals surface area contributed by atoms with Gasteiger partial charge in [0.15, 0.2) is 0 Å². The molecule has 3 N–H and O–H groups in total. The molecule has 0 heterocycles. The average molecular weight is 325 g/mol. The predicted octanol–water partition coefficient (Wildman–Crippen LogP) is 2.68. The molecule has 1 aromatic rings. The number of nitrogens with two attached hydrogens (primary N) is 1. The van der Waals surface area contributed by atoms with Crippen LogP contribution < -0.4 is 10.5 Å². The summed E-state index contributed by atoms with van der Waals surface area (Å²) in [6.45, 7) is 2.11. The van der Waals surface area contributed by atoms with E-state index >= 15 is 0 Å². The molecule has 0 unspecified atom stereocenters. The van der Waals surface area contributed by atoms with E-state index in [1.165, 1.54) is 13.1 Å². The summed E-state index contributed by atoms with van der Waals surface area (Å²) in [7, 11) is -2.73. The molecule has 21 heavy (non-hydrogen) atoms. The van der Waals surface area contributed by atoms with Crippen molar-refractivity contribution < 1.29 is 21.6 Å². The molecule has 9 heteroatoms. The summed E-state index contributed by atoms with van der Waals surface area (Å²) in [5.41, 5.74) is 3.58. The first-order valence-corrected chi connectivity index (χ1v) is 7.72. The molecule has 0 saturated carbocycles. The Morgan fingerprint density at radius 2 is 1.95 bits per heavy atom. The number of hydrogen-bond donors (Lipinski definition) is 2. The highest BCUT2D eigenvalue weighted by molar-refractivity contribution is 7.90. The first-order valence-electron chi connectivity index (χ1n) is 6.28. The third-order valence-electron chi connectivity index (χ3n) is 2.82. The number of halogens is 3. The Labute approximate surface area is 122 Å². The highest BCUT2D eigenvalue weighted by Gasteiger charge is 2.35. The van der Waals surface area contributed by atoms with Crippen molar-refractivity contribution in [3.8, 4) is 0 Å². The predicted molar refractivity (Wildman–Crippen MR) is 75.9 cm³/mol. The third-order valence-corrected chi connectivity index (χ3v) is 4.31. The highest BCUT2D eigenvalue weighted by atomic mass is 32.2. The number of benzene rings is 1. The monoisotopic (exact) mass is 325 g/mol. The second kappa shape index (κ2) is 6.52. The zero-order chi connectivity index (χ0) is 16.3. The zero-order valence-corrected chi connectivity index (χ0v) is 12.6. The quantitative estimate of drug-likeness (QED) is 0.790. The zero-order valence-electron chi connectivity index (χ0n) is 11.7. The van der Waals surface area contributed by atoms with Crippen LogP contribution in [0.4, 0.5) is 24.5 Å². The molecule has 0 bridgehead atoms. The summed E-state index contributed by atoms with van der Waals surface area (Å²) in [5, 5.41) is 0. The summed E-state index contributed by atoms with van der Waals surface area (Å²) < 4.78 is 65.6. The first kappa shape index (κ1) is 17.6. The first-order chi connectivity index (χ1) is 9.58. The number of anilines is 2. The summed E-state index contributed by atoms with van der Waals surface area (Å²) in [4.78, 5) is 0. The van der Waals surface area contributed by atoms with Gasteiger partial charge in [0, 0.05) is 19.3 Å². The molecule has 120 valence electrons. The lowest BCUT2D eigenvalue weighted by Gasteiger charge is -2.20. The van der Waals surface area contributed by atoms with Crippen molar-refractivity contribution in [1.82, 2.24) is 4.31 Å². The summed E-state index contributed by atoms with van der Waals surface area (Å²) in [6.07, 6.45) is -3.31. The molecule has 0 amide bonds. The Kier molecular flexibility index (Phi) is 5.46. The van der Waals surface area contributed by atoms with Gasteiger partial charge in [-0.1, -0.05) is 13.3 Å². The van der Waals surface area contributed by atoms with Gasteiger partial charge < -0.3 is 5.73 Å². The summed E-state index contributed by atoms with van der Waals surface area (Å²) >= 11 is 0. The Morgan fingerprint density at radius 1 is 1.33 bits per heavy atom. The second-order valence-corrected chi connectivity index (χ2v) is 6.36. The van der Waals surface area contributed by atoms with Gasteiger partial charge in [0.25, 0.3) is 0 Å². The van der Waals surface area contributed by atoms with E-state index < -0.39 is 27.6 Å². The highest BCUT2D eigenvalue weighted by Crippen LogP contribution is 2.36. The maximum absolute atomic E-state index is 12.9. The lowest BCUT2D eigenvalue weighted by molar-refractivity contribution is -0.136. The molecular weight excluding hydrogens is 307 g/mol. The van der Waals surface area contributed by atoms with Crippen LogP contribution in [-0.4, -0.2) is 26.3 Å². The maximum Gasteiger partial charge on any atom is 0.418 e. The van der Waals surface area contributed by atoms with Gasteiger partial charge in [0.1, 0.15) is 0 Å². The standard InChI is InChI=1S/C12H18F3N3O2S/c1-3-4-7-18(2)21(19,20)17-11-6-5-9(16)8-10(11)12(13,14)15/h5-6,8,17H,3-4,7,16H2,1-2H3. The molecule has 0 aliphatic rings. The van der Waals surface area contributed by atoms with Gasteiger partial charge in [0.05, 0.1) is 11.3 Å². The molecule has 0 spiro atoms. The van der Waals surface area contributed by atoms with E-state index in [-0.39, 0.29) is 12.2 Å². The van der Waals surface area contributed by atoms with E-state index in [2.05, 4.69) is 0 Å². The van der Waals surface area contributed by atoms with E-state index in [1.54, 1.807) is 0 Å². The molecule has 0 atom stereocenters. The van der Waals surface area contributed by atoms with E-state index in [0.717, 1.165) is 16.8 Å². The number of alkyl halides is 3. The van der Waals surface area contributed by atoms with Crippen LogP contribution in [0, 0.1) is 0 Å². The van der Waals surface area contributed by atoms with Crippen LogP contribution in [0.1, 0.15) is 25.3 Å². The fourth-order valence-electron chi connectivity index (χ4n) is 1.60. The van der Waals surface area contributed by atoms with Crippen LogP contribution in [-0.2, 0) is 16.4 Å². The van der Waals surface area contributed by atoms with Gasteiger partial charge in [-0.25, -0.2) is 0 Å². The van der Waals surface area contributed by atoms with Crippen LogP contribution in [0.15, 0.2) is 18.2 Å². The lowest BCUT2D eigenvalue weighted by atomic mass is 10.1. The van der Waals surface area contributed by atoms with Crippen LogP contribution in [0.2, 0.25) is 0 Å². The SMILES string of the molecule is CCCCN(C)S(=O)(=O)Nc1ccc(N)cc1C(F)(F)F. The van der Waals surface area contributed by atoms with Crippen molar-refractivity contribution in [3.05, 3.63) is 23.8 Å². The van der Waals surface area contributed by atoms with Gasteiger partial charge in [-0.2, -0.15) is 25.9 Å². The van der Waals surface area contributed by atoms with E-state index in [0.29, 0.717) is 12.5 Å². The van der Waals surface area contributed by atoms with Crippen molar-refractivity contribution in [2.75, 3.05) is 24.0 Å².